The predicted octanol–water partition coefficient (Wildman–Crippen LogP) is 6.17. The summed E-state index contributed by atoms with van der Waals surface area (Å²) in [4.78, 5) is 30.9. The number of hydrogen-bond donors (Lipinski definition) is 1. The summed E-state index contributed by atoms with van der Waals surface area (Å²) in [7, 11) is 0. The van der Waals surface area contributed by atoms with E-state index in [1.165, 1.54) is 34.0 Å². The fourth-order valence-corrected chi connectivity index (χ4v) is 4.05. The van der Waals surface area contributed by atoms with Gasteiger partial charge < -0.3 is 10.0 Å². The number of nitrogens with zero attached hydrogens (tertiary/aromatic N) is 4. The third-order valence-corrected chi connectivity index (χ3v) is 5.26. The Kier molecular flexibility index (Phi) is 8.35. The molecule has 0 unspecified atom stereocenters. The van der Waals surface area contributed by atoms with Crippen LogP contribution in [0.1, 0.15) is 34.7 Å². The Morgan fingerprint density at radius 1 is 1.16 bits per heavy atom. The first kappa shape index (κ1) is 25.4. The highest BCUT2D eigenvalue weighted by molar-refractivity contribution is 9.10. The molecule has 0 saturated carbocycles. The van der Waals surface area contributed by atoms with Crippen molar-refractivity contribution in [3.63, 3.8) is 0 Å². The number of carboxylic acids is 1. The Labute approximate surface area is 207 Å². The zero-order valence-corrected chi connectivity index (χ0v) is 20.7. The summed E-state index contributed by atoms with van der Waals surface area (Å²) in [5.41, 5.74) is -0.0568. The Morgan fingerprint density at radius 3 is 2.42 bits per heavy atom. The standard InChI is InChI=1S/C19H14BrCl3N4O3.ClH/c1-9(2)26(16-11(19(29)30)6-10(21)7-13(16)23)18(28)14-8-15(20)25-27(14)17-12(22)4-3-5-24-17;/h3-9H,1-2H3,(H,29,30);1H. The van der Waals surface area contributed by atoms with Crippen LogP contribution < -0.4 is 4.90 Å². The minimum Gasteiger partial charge on any atom is -0.478 e. The van der Waals surface area contributed by atoms with E-state index in [1.807, 2.05) is 0 Å². The summed E-state index contributed by atoms with van der Waals surface area (Å²) in [6, 6.07) is 6.95. The molecule has 0 bridgehead atoms. The predicted molar refractivity (Wildman–Crippen MR) is 127 cm³/mol. The monoisotopic (exact) mass is 566 g/mol. The Morgan fingerprint density at radius 2 is 1.84 bits per heavy atom. The minimum absolute atomic E-state index is 0. The molecule has 1 aromatic carbocycles. The molecule has 0 spiro atoms. The van der Waals surface area contributed by atoms with E-state index in [9.17, 15) is 14.7 Å². The van der Waals surface area contributed by atoms with Crippen LogP contribution in [0.2, 0.25) is 15.1 Å². The van der Waals surface area contributed by atoms with Gasteiger partial charge in [0, 0.05) is 23.3 Å². The van der Waals surface area contributed by atoms with E-state index in [1.54, 1.807) is 26.0 Å². The number of benzene rings is 1. The van der Waals surface area contributed by atoms with E-state index >= 15 is 0 Å². The molecule has 1 N–H and O–H groups in total. The molecule has 0 fully saturated rings. The van der Waals surface area contributed by atoms with Crippen LogP contribution in [0.15, 0.2) is 41.1 Å². The number of hydrogen-bond acceptors (Lipinski definition) is 4. The molecule has 0 aliphatic carbocycles. The first-order valence-corrected chi connectivity index (χ1v) is 10.5. The fourth-order valence-electron chi connectivity index (χ4n) is 2.89. The lowest BCUT2D eigenvalue weighted by Gasteiger charge is -2.29. The van der Waals surface area contributed by atoms with Gasteiger partial charge >= 0.3 is 5.97 Å². The molecular formula is C19H15BrCl4N4O3. The van der Waals surface area contributed by atoms with Gasteiger partial charge in [-0.15, -0.1) is 12.4 Å². The number of halogens is 5. The van der Waals surface area contributed by atoms with Crippen LogP contribution in [0.5, 0.6) is 0 Å². The van der Waals surface area contributed by atoms with Crippen molar-refractivity contribution in [1.29, 1.82) is 0 Å². The average molecular weight is 569 g/mol. The average Bonchev–Trinajstić information content (AvgIpc) is 3.04. The van der Waals surface area contributed by atoms with Crippen molar-refractivity contribution in [3.05, 3.63) is 67.5 Å². The van der Waals surface area contributed by atoms with Gasteiger partial charge in [0.15, 0.2) is 5.82 Å². The molecule has 0 aliphatic rings. The van der Waals surface area contributed by atoms with Gasteiger partial charge in [0.1, 0.15) is 10.3 Å². The molecule has 164 valence electrons. The number of carbonyl (C=O) groups is 2. The van der Waals surface area contributed by atoms with Crippen LogP contribution in [-0.2, 0) is 0 Å². The highest BCUT2D eigenvalue weighted by Gasteiger charge is 2.31. The number of anilines is 1. The van der Waals surface area contributed by atoms with Crippen molar-refractivity contribution in [3.8, 4) is 5.82 Å². The molecule has 3 rings (SSSR count). The number of rotatable bonds is 5. The Bertz CT molecular complexity index is 1150. The van der Waals surface area contributed by atoms with Crippen molar-refractivity contribution < 1.29 is 14.7 Å². The Balaban J connectivity index is 0.00000341. The maximum absolute atomic E-state index is 13.6. The van der Waals surface area contributed by atoms with Crippen LogP contribution in [0.4, 0.5) is 5.69 Å². The summed E-state index contributed by atoms with van der Waals surface area (Å²) >= 11 is 21.8. The molecule has 3 aromatic rings. The van der Waals surface area contributed by atoms with Crippen LogP contribution >= 0.6 is 63.1 Å². The van der Waals surface area contributed by atoms with Crippen molar-refractivity contribution in [2.45, 2.75) is 19.9 Å². The lowest BCUT2D eigenvalue weighted by atomic mass is 10.1. The van der Waals surface area contributed by atoms with Gasteiger partial charge in [0.2, 0.25) is 0 Å². The van der Waals surface area contributed by atoms with Crippen LogP contribution in [0.25, 0.3) is 5.82 Å². The molecule has 2 aromatic heterocycles. The second kappa shape index (κ2) is 10.2. The normalized spacial score (nSPS) is 10.7. The molecule has 0 radical (unpaired) electrons. The smallest absolute Gasteiger partial charge is 0.337 e. The first-order valence-electron chi connectivity index (χ1n) is 8.54. The van der Waals surface area contributed by atoms with E-state index in [2.05, 4.69) is 26.0 Å². The Hall–Kier alpha value is -1.84. The van der Waals surface area contributed by atoms with Crippen molar-refractivity contribution >= 4 is 80.7 Å². The molecule has 31 heavy (non-hydrogen) atoms. The van der Waals surface area contributed by atoms with Crippen LogP contribution in [0, 0.1) is 0 Å². The molecule has 0 saturated heterocycles. The van der Waals surface area contributed by atoms with E-state index in [0.29, 0.717) is 4.60 Å². The lowest BCUT2D eigenvalue weighted by molar-refractivity contribution is 0.0697. The van der Waals surface area contributed by atoms with Gasteiger partial charge in [0.25, 0.3) is 5.91 Å². The maximum Gasteiger partial charge on any atom is 0.337 e. The SMILES string of the molecule is CC(C)N(C(=O)c1cc(Br)nn1-c1ncccc1Cl)c1c(Cl)cc(Cl)cc1C(=O)O.Cl. The van der Waals surface area contributed by atoms with Gasteiger partial charge in [-0.25, -0.2) is 14.5 Å². The zero-order valence-electron chi connectivity index (χ0n) is 16.0. The highest BCUT2D eigenvalue weighted by Crippen LogP contribution is 2.36. The molecule has 12 heteroatoms. The molecule has 0 aliphatic heterocycles. The molecule has 7 nitrogen and oxygen atoms in total. The fraction of sp³-hybridized carbons (Fsp3) is 0.158. The van der Waals surface area contributed by atoms with E-state index < -0.39 is 17.9 Å². The lowest BCUT2D eigenvalue weighted by Crippen LogP contribution is -2.39. The summed E-state index contributed by atoms with van der Waals surface area (Å²) in [5, 5.41) is 14.4. The number of carbonyl (C=O) groups excluding carboxylic acids is 1. The number of aromatic nitrogens is 3. The van der Waals surface area contributed by atoms with E-state index in [-0.39, 0.29) is 50.2 Å². The number of aromatic carboxylic acids is 1. The quantitative estimate of drug-likeness (QED) is 0.398. The van der Waals surface area contributed by atoms with Crippen LogP contribution in [-0.4, -0.2) is 37.8 Å². The minimum atomic E-state index is -1.27. The van der Waals surface area contributed by atoms with Crippen molar-refractivity contribution in [2.24, 2.45) is 0 Å². The maximum atomic E-state index is 13.6. The van der Waals surface area contributed by atoms with E-state index in [4.69, 9.17) is 34.8 Å². The van der Waals surface area contributed by atoms with E-state index in [0.717, 1.165) is 0 Å². The van der Waals surface area contributed by atoms with Crippen LogP contribution in [0.3, 0.4) is 0 Å². The number of amides is 1. The van der Waals surface area contributed by atoms with Gasteiger partial charge in [-0.2, -0.15) is 5.10 Å². The van der Waals surface area contributed by atoms with Gasteiger partial charge in [-0.05, 0) is 54.0 Å². The second-order valence-corrected chi connectivity index (χ2v) is 8.49. The topological polar surface area (TPSA) is 88.3 Å². The largest absolute Gasteiger partial charge is 0.478 e. The highest BCUT2D eigenvalue weighted by atomic mass is 79.9. The summed E-state index contributed by atoms with van der Waals surface area (Å²) in [5.74, 6) is -1.57. The third kappa shape index (κ3) is 5.15. The zero-order chi connectivity index (χ0) is 22.2. The first-order chi connectivity index (χ1) is 14.1. The number of pyridine rings is 1. The second-order valence-electron chi connectivity index (χ2n) is 6.43. The van der Waals surface area contributed by atoms with Crippen molar-refractivity contribution in [2.75, 3.05) is 4.90 Å². The van der Waals surface area contributed by atoms with Gasteiger partial charge in [0.05, 0.1) is 21.3 Å². The molecular weight excluding hydrogens is 554 g/mol. The molecule has 2 heterocycles. The summed E-state index contributed by atoms with van der Waals surface area (Å²) in [6.45, 7) is 3.47. The van der Waals surface area contributed by atoms with Crippen molar-refractivity contribution in [1.82, 2.24) is 14.8 Å². The summed E-state index contributed by atoms with van der Waals surface area (Å²) in [6.07, 6.45) is 1.52. The van der Waals surface area contributed by atoms with Gasteiger partial charge in [-0.3, -0.25) is 4.79 Å². The molecule has 1 amide bonds. The summed E-state index contributed by atoms with van der Waals surface area (Å²) < 4.78 is 1.66. The molecule has 0 atom stereocenters. The van der Waals surface area contributed by atoms with Gasteiger partial charge in [-0.1, -0.05) is 34.8 Å². The third-order valence-electron chi connectivity index (χ3n) is 4.07. The number of carboxylic acid groups (broad SMARTS) is 1.